The van der Waals surface area contributed by atoms with Crippen LogP contribution in [-0.4, -0.2) is 29.1 Å². The Morgan fingerprint density at radius 1 is 1.50 bits per heavy atom. The molecule has 0 fully saturated rings. The molecule has 6 heteroatoms. The number of carbonyl (C=O) groups excluding carboxylic acids is 2. The molecule has 5 nitrogen and oxygen atoms in total. The molecule has 104 valence electrons. The van der Waals surface area contributed by atoms with Gasteiger partial charge in [0.1, 0.15) is 0 Å². The first kappa shape index (κ1) is 14.3. The Balaban J connectivity index is 2.41. The van der Waals surface area contributed by atoms with Crippen LogP contribution in [0.15, 0.2) is 24.4 Å². The van der Waals surface area contributed by atoms with Gasteiger partial charge in [-0.2, -0.15) is 5.10 Å². The second-order valence-corrected chi connectivity index (χ2v) is 4.65. The van der Waals surface area contributed by atoms with Gasteiger partial charge in [0.15, 0.2) is 6.29 Å². The molecule has 0 spiro atoms. The highest BCUT2D eigenvalue weighted by Gasteiger charge is 2.16. The fourth-order valence-corrected chi connectivity index (χ4v) is 2.15. The van der Waals surface area contributed by atoms with E-state index < -0.39 is 5.97 Å². The molecule has 0 atom stereocenters. The molecule has 0 saturated heterocycles. The van der Waals surface area contributed by atoms with E-state index in [0.29, 0.717) is 34.0 Å². The largest absolute Gasteiger partial charge is 0.465 e. The number of hydrogen-bond donors (Lipinski definition) is 0. The molecular weight excluding hydrogens is 280 g/mol. The maximum atomic E-state index is 11.7. The Kier molecular flexibility index (Phi) is 4.20. The maximum Gasteiger partial charge on any atom is 0.338 e. The van der Waals surface area contributed by atoms with Gasteiger partial charge < -0.3 is 4.74 Å². The van der Waals surface area contributed by atoms with Crippen LogP contribution in [0.2, 0.25) is 5.02 Å². The molecule has 20 heavy (non-hydrogen) atoms. The lowest BCUT2D eigenvalue weighted by molar-refractivity contribution is 0.0599. The lowest BCUT2D eigenvalue weighted by atomic mass is 10.1. The third-order valence-corrected chi connectivity index (χ3v) is 3.31. The summed E-state index contributed by atoms with van der Waals surface area (Å²) in [6.07, 6.45) is 2.36. The summed E-state index contributed by atoms with van der Waals surface area (Å²) in [5, 5.41) is 4.67. The van der Waals surface area contributed by atoms with Crippen LogP contribution in [0.1, 0.15) is 32.0 Å². The fraction of sp³-hybridized carbons (Fsp3) is 0.214. The minimum Gasteiger partial charge on any atom is -0.465 e. The number of halogens is 1. The smallest absolute Gasteiger partial charge is 0.338 e. The summed E-state index contributed by atoms with van der Waals surface area (Å²) in [6, 6.07) is 5.02. The minimum absolute atomic E-state index is 0.290. The summed E-state index contributed by atoms with van der Waals surface area (Å²) in [4.78, 5) is 22.6. The highest BCUT2D eigenvalue weighted by molar-refractivity contribution is 6.31. The van der Waals surface area contributed by atoms with E-state index in [1.807, 2.05) is 0 Å². The van der Waals surface area contributed by atoms with E-state index in [2.05, 4.69) is 5.10 Å². The molecule has 0 aliphatic heterocycles. The number of aryl methyl sites for hydroxylation is 1. The summed E-state index contributed by atoms with van der Waals surface area (Å²) in [5.41, 5.74) is 2.14. The first-order valence-electron chi connectivity index (χ1n) is 5.91. The van der Waals surface area contributed by atoms with Gasteiger partial charge in [0.05, 0.1) is 30.5 Å². The maximum absolute atomic E-state index is 11.7. The lowest BCUT2D eigenvalue weighted by Crippen LogP contribution is -2.10. The average molecular weight is 293 g/mol. The van der Waals surface area contributed by atoms with Crippen LogP contribution in [0, 0.1) is 6.92 Å². The van der Waals surface area contributed by atoms with Gasteiger partial charge in [0, 0.05) is 16.8 Å². The number of nitrogens with zero attached hydrogens (tertiary/aromatic N) is 2. The standard InChI is InChI=1S/C14H13ClN2O3/c1-9-10(8-18)6-17(16-9)7-12-11(14(19)20-2)4-3-5-13(12)15/h3-6,8H,7H2,1-2H3. The zero-order valence-corrected chi connectivity index (χ0v) is 11.8. The van der Waals surface area contributed by atoms with E-state index in [0.717, 1.165) is 6.29 Å². The van der Waals surface area contributed by atoms with Crippen molar-refractivity contribution < 1.29 is 14.3 Å². The lowest BCUT2D eigenvalue weighted by Gasteiger charge is -2.10. The molecular formula is C14H13ClN2O3. The summed E-state index contributed by atoms with van der Waals surface area (Å²) in [7, 11) is 1.32. The molecule has 0 aliphatic rings. The molecule has 0 radical (unpaired) electrons. The van der Waals surface area contributed by atoms with Crippen molar-refractivity contribution in [2.75, 3.05) is 7.11 Å². The van der Waals surface area contributed by atoms with E-state index in [4.69, 9.17) is 16.3 Å². The van der Waals surface area contributed by atoms with Crippen LogP contribution in [0.5, 0.6) is 0 Å². The van der Waals surface area contributed by atoms with Gasteiger partial charge in [-0.25, -0.2) is 4.79 Å². The van der Waals surface area contributed by atoms with Gasteiger partial charge in [-0.3, -0.25) is 9.48 Å². The number of rotatable bonds is 4. The number of esters is 1. The molecule has 0 amide bonds. The second-order valence-electron chi connectivity index (χ2n) is 4.24. The molecule has 0 saturated carbocycles. The number of carbonyl (C=O) groups is 2. The van der Waals surface area contributed by atoms with Crippen LogP contribution in [0.4, 0.5) is 0 Å². The van der Waals surface area contributed by atoms with Gasteiger partial charge in [0.2, 0.25) is 0 Å². The molecule has 2 aromatic rings. The Bertz CT molecular complexity index is 664. The molecule has 2 rings (SSSR count). The number of ether oxygens (including phenoxy) is 1. The molecule has 0 bridgehead atoms. The van der Waals surface area contributed by atoms with Crippen LogP contribution in [0.25, 0.3) is 0 Å². The van der Waals surface area contributed by atoms with Crippen molar-refractivity contribution in [1.29, 1.82) is 0 Å². The fourth-order valence-electron chi connectivity index (χ4n) is 1.91. The van der Waals surface area contributed by atoms with Crippen molar-refractivity contribution >= 4 is 23.9 Å². The summed E-state index contributed by atoms with van der Waals surface area (Å²) < 4.78 is 6.31. The van der Waals surface area contributed by atoms with Crippen molar-refractivity contribution in [3.63, 3.8) is 0 Å². The summed E-state index contributed by atoms with van der Waals surface area (Å²) >= 11 is 6.14. The predicted molar refractivity (Wildman–Crippen MR) is 74.2 cm³/mol. The van der Waals surface area contributed by atoms with Crippen molar-refractivity contribution in [2.24, 2.45) is 0 Å². The van der Waals surface area contributed by atoms with Crippen molar-refractivity contribution in [2.45, 2.75) is 13.5 Å². The average Bonchev–Trinajstić information content (AvgIpc) is 2.80. The molecule has 1 aromatic heterocycles. The van der Waals surface area contributed by atoms with Crippen LogP contribution in [-0.2, 0) is 11.3 Å². The highest BCUT2D eigenvalue weighted by Crippen LogP contribution is 2.22. The Morgan fingerprint density at radius 2 is 2.25 bits per heavy atom. The normalized spacial score (nSPS) is 10.3. The zero-order chi connectivity index (χ0) is 14.7. The molecule has 0 aliphatic carbocycles. The minimum atomic E-state index is -0.456. The predicted octanol–water partition coefficient (Wildman–Crippen LogP) is 2.49. The monoisotopic (exact) mass is 292 g/mol. The number of aromatic nitrogens is 2. The number of hydrogen-bond acceptors (Lipinski definition) is 4. The quantitative estimate of drug-likeness (QED) is 0.641. The van der Waals surface area contributed by atoms with Gasteiger partial charge in [-0.1, -0.05) is 17.7 Å². The van der Waals surface area contributed by atoms with Gasteiger partial charge in [0.25, 0.3) is 0 Å². The number of aldehydes is 1. The van der Waals surface area contributed by atoms with Gasteiger partial charge in [-0.05, 0) is 19.1 Å². The van der Waals surface area contributed by atoms with E-state index >= 15 is 0 Å². The Morgan fingerprint density at radius 3 is 2.85 bits per heavy atom. The first-order chi connectivity index (χ1) is 9.56. The van der Waals surface area contributed by atoms with Gasteiger partial charge in [-0.15, -0.1) is 0 Å². The van der Waals surface area contributed by atoms with Crippen LogP contribution in [0.3, 0.4) is 0 Å². The molecule has 1 aromatic carbocycles. The van der Waals surface area contributed by atoms with Crippen LogP contribution >= 0.6 is 11.6 Å². The van der Waals surface area contributed by atoms with E-state index in [9.17, 15) is 9.59 Å². The van der Waals surface area contributed by atoms with Crippen molar-refractivity contribution in [1.82, 2.24) is 9.78 Å². The van der Waals surface area contributed by atoms with Crippen LogP contribution < -0.4 is 0 Å². The SMILES string of the molecule is COC(=O)c1cccc(Cl)c1Cn1cc(C=O)c(C)n1. The zero-order valence-electron chi connectivity index (χ0n) is 11.1. The van der Waals surface area contributed by atoms with Crippen molar-refractivity contribution in [3.8, 4) is 0 Å². The topological polar surface area (TPSA) is 61.2 Å². The highest BCUT2D eigenvalue weighted by atomic mass is 35.5. The number of benzene rings is 1. The van der Waals surface area contributed by atoms with E-state index in [1.165, 1.54) is 7.11 Å². The molecule has 0 N–H and O–H groups in total. The Labute approximate surface area is 121 Å². The second kappa shape index (κ2) is 5.88. The molecule has 1 heterocycles. The summed E-state index contributed by atoms with van der Waals surface area (Å²) in [6.45, 7) is 2.03. The number of methoxy groups -OCH3 is 1. The third-order valence-electron chi connectivity index (χ3n) is 2.96. The van der Waals surface area contributed by atoms with E-state index in [1.54, 1.807) is 36.0 Å². The van der Waals surface area contributed by atoms with E-state index in [-0.39, 0.29) is 0 Å². The first-order valence-corrected chi connectivity index (χ1v) is 6.29. The van der Waals surface area contributed by atoms with Crippen molar-refractivity contribution in [3.05, 3.63) is 51.8 Å². The summed E-state index contributed by atoms with van der Waals surface area (Å²) in [5.74, 6) is -0.456. The van der Waals surface area contributed by atoms with Gasteiger partial charge >= 0.3 is 5.97 Å². The molecule has 0 unspecified atom stereocenters. The Hall–Kier alpha value is -2.14. The third kappa shape index (κ3) is 2.72.